The molecule has 1 aliphatic rings. The van der Waals surface area contributed by atoms with Gasteiger partial charge in [-0.15, -0.1) is 0 Å². The number of benzene rings is 2. The van der Waals surface area contributed by atoms with E-state index in [1.54, 1.807) is 12.1 Å². The number of sulfone groups is 1. The van der Waals surface area contributed by atoms with Crippen molar-refractivity contribution < 1.29 is 26.8 Å². The predicted molar refractivity (Wildman–Crippen MR) is 126 cm³/mol. The second-order valence-corrected chi connectivity index (χ2v) is 10.6. The second-order valence-electron chi connectivity index (χ2n) is 8.66. The molecule has 0 fully saturated rings. The number of aromatic nitrogens is 1. The molecule has 4 rings (SSSR count). The van der Waals surface area contributed by atoms with Crippen LogP contribution < -0.4 is 10.6 Å². The van der Waals surface area contributed by atoms with Crippen molar-refractivity contribution in [1.82, 2.24) is 15.2 Å². The van der Waals surface area contributed by atoms with E-state index < -0.39 is 38.5 Å². The summed E-state index contributed by atoms with van der Waals surface area (Å²) in [6.45, 7) is 3.93. The fourth-order valence-corrected chi connectivity index (χ4v) is 5.09. The van der Waals surface area contributed by atoms with Gasteiger partial charge >= 0.3 is 5.76 Å². The van der Waals surface area contributed by atoms with Gasteiger partial charge in [-0.1, -0.05) is 30.3 Å². The molecule has 7 nitrogen and oxygen atoms in total. The van der Waals surface area contributed by atoms with Gasteiger partial charge in [0.25, 0.3) is 11.8 Å². The first-order valence-corrected chi connectivity index (χ1v) is 12.6. The van der Waals surface area contributed by atoms with E-state index in [0.717, 1.165) is 23.3 Å². The molecule has 0 unspecified atom stereocenters. The topological polar surface area (TPSA) is 97.3 Å². The number of hydrogen-bond acceptors (Lipinski definition) is 4. The van der Waals surface area contributed by atoms with E-state index in [0.29, 0.717) is 12.1 Å². The third-order valence-electron chi connectivity index (χ3n) is 6.06. The van der Waals surface area contributed by atoms with Crippen molar-refractivity contribution in [3.05, 3.63) is 89.2 Å². The number of nitrogens with zero attached hydrogens (tertiary/aromatic N) is 1. The Morgan fingerprint density at radius 1 is 0.971 bits per heavy atom. The molecule has 1 aliphatic carbocycles. The van der Waals surface area contributed by atoms with Crippen LogP contribution in [0.5, 0.6) is 0 Å². The molecular weight excluding hydrogens is 476 g/mol. The number of halogens is 2. The zero-order valence-corrected chi connectivity index (χ0v) is 19.9. The van der Waals surface area contributed by atoms with Gasteiger partial charge in [-0.05, 0) is 61.7 Å². The number of amides is 2. The van der Waals surface area contributed by atoms with E-state index in [9.17, 15) is 26.8 Å². The SMILES string of the molecule is CC(C)n1cccc1C(=O)N[C@@H]1c2ccccc2C[C@H]1NC(=O)c1cccc(S(=O)(=O)C(F)F)c1. The Bertz CT molecular complexity index is 1370. The number of fused-ring (bicyclic) bond motifs is 1. The summed E-state index contributed by atoms with van der Waals surface area (Å²) in [5, 5.41) is 5.87. The smallest absolute Gasteiger partial charge is 0.341 e. The molecule has 0 radical (unpaired) electrons. The summed E-state index contributed by atoms with van der Waals surface area (Å²) in [6, 6.07) is 14.6. The van der Waals surface area contributed by atoms with Gasteiger partial charge in [0.2, 0.25) is 9.84 Å². The lowest BCUT2D eigenvalue weighted by molar-refractivity contribution is 0.0882. The lowest BCUT2D eigenvalue weighted by Gasteiger charge is -2.24. The van der Waals surface area contributed by atoms with Crippen molar-refractivity contribution in [1.29, 1.82) is 0 Å². The fourth-order valence-electron chi connectivity index (χ4n) is 4.33. The molecule has 0 spiro atoms. The van der Waals surface area contributed by atoms with Gasteiger partial charge in [0.15, 0.2) is 0 Å². The van der Waals surface area contributed by atoms with Crippen molar-refractivity contribution in [2.45, 2.75) is 49.0 Å². The van der Waals surface area contributed by atoms with E-state index in [4.69, 9.17) is 0 Å². The molecule has 184 valence electrons. The molecular formula is C25H25F2N3O4S. The van der Waals surface area contributed by atoms with Gasteiger partial charge in [-0.2, -0.15) is 8.78 Å². The number of hydrogen-bond donors (Lipinski definition) is 2. The summed E-state index contributed by atoms with van der Waals surface area (Å²) >= 11 is 0. The Morgan fingerprint density at radius 2 is 1.71 bits per heavy atom. The van der Waals surface area contributed by atoms with Gasteiger partial charge in [-0.25, -0.2) is 8.42 Å². The van der Waals surface area contributed by atoms with Gasteiger partial charge in [0.1, 0.15) is 5.69 Å². The first-order valence-electron chi connectivity index (χ1n) is 11.1. The quantitative estimate of drug-likeness (QED) is 0.513. The molecule has 0 saturated heterocycles. The van der Waals surface area contributed by atoms with Crippen LogP contribution in [0.25, 0.3) is 0 Å². The highest BCUT2D eigenvalue weighted by Gasteiger charge is 2.35. The van der Waals surface area contributed by atoms with Gasteiger partial charge in [0.05, 0.1) is 17.0 Å². The highest BCUT2D eigenvalue weighted by Crippen LogP contribution is 2.32. The zero-order chi connectivity index (χ0) is 25.3. The van der Waals surface area contributed by atoms with Crippen LogP contribution in [-0.4, -0.2) is 36.6 Å². The molecule has 1 aromatic heterocycles. The van der Waals surface area contributed by atoms with Crippen LogP contribution >= 0.6 is 0 Å². The maximum atomic E-state index is 13.1. The molecule has 0 bridgehead atoms. The summed E-state index contributed by atoms with van der Waals surface area (Å²) in [5.41, 5.74) is 2.24. The number of carbonyl (C=O) groups excluding carboxylic acids is 2. The van der Waals surface area contributed by atoms with E-state index in [-0.39, 0.29) is 17.5 Å². The van der Waals surface area contributed by atoms with E-state index in [1.165, 1.54) is 12.1 Å². The molecule has 1 heterocycles. The number of nitrogens with one attached hydrogen (secondary N) is 2. The Balaban J connectivity index is 1.59. The third-order valence-corrected chi connectivity index (χ3v) is 7.44. The fraction of sp³-hybridized carbons (Fsp3) is 0.280. The summed E-state index contributed by atoms with van der Waals surface area (Å²) in [5.74, 6) is -4.51. The monoisotopic (exact) mass is 501 g/mol. The highest BCUT2D eigenvalue weighted by atomic mass is 32.2. The van der Waals surface area contributed by atoms with Crippen LogP contribution in [0.3, 0.4) is 0 Å². The lowest BCUT2D eigenvalue weighted by atomic mass is 10.1. The Morgan fingerprint density at radius 3 is 2.43 bits per heavy atom. The minimum Gasteiger partial charge on any atom is -0.347 e. The highest BCUT2D eigenvalue weighted by molar-refractivity contribution is 7.91. The minimum atomic E-state index is -4.84. The van der Waals surface area contributed by atoms with Crippen LogP contribution in [0.4, 0.5) is 8.78 Å². The molecule has 2 aromatic carbocycles. The summed E-state index contributed by atoms with van der Waals surface area (Å²) < 4.78 is 51.4. The Labute approximate surface area is 202 Å². The van der Waals surface area contributed by atoms with Gasteiger partial charge in [0, 0.05) is 17.8 Å². The van der Waals surface area contributed by atoms with Crippen molar-refractivity contribution in [3.8, 4) is 0 Å². The van der Waals surface area contributed by atoms with Crippen LogP contribution in [-0.2, 0) is 16.3 Å². The van der Waals surface area contributed by atoms with Crippen LogP contribution in [0.15, 0.2) is 71.8 Å². The van der Waals surface area contributed by atoms with E-state index >= 15 is 0 Å². The molecule has 10 heteroatoms. The van der Waals surface area contributed by atoms with Gasteiger partial charge in [-0.3, -0.25) is 9.59 Å². The zero-order valence-electron chi connectivity index (χ0n) is 19.1. The van der Waals surface area contributed by atoms with Crippen molar-refractivity contribution in [3.63, 3.8) is 0 Å². The Hall–Kier alpha value is -3.53. The lowest BCUT2D eigenvalue weighted by Crippen LogP contribution is -2.44. The third kappa shape index (κ3) is 4.84. The summed E-state index contributed by atoms with van der Waals surface area (Å²) in [6.07, 6.45) is 2.26. The average Bonchev–Trinajstić information content (AvgIpc) is 3.45. The molecule has 0 saturated carbocycles. The van der Waals surface area contributed by atoms with Crippen LogP contribution in [0.2, 0.25) is 0 Å². The largest absolute Gasteiger partial charge is 0.347 e. The number of carbonyl (C=O) groups is 2. The van der Waals surface area contributed by atoms with Crippen LogP contribution in [0.1, 0.15) is 57.9 Å². The van der Waals surface area contributed by atoms with Gasteiger partial charge < -0.3 is 15.2 Å². The van der Waals surface area contributed by atoms with Crippen molar-refractivity contribution in [2.75, 3.05) is 0 Å². The van der Waals surface area contributed by atoms with E-state index in [1.807, 2.05) is 48.9 Å². The first-order chi connectivity index (χ1) is 16.6. The van der Waals surface area contributed by atoms with Crippen molar-refractivity contribution in [2.24, 2.45) is 0 Å². The van der Waals surface area contributed by atoms with E-state index in [2.05, 4.69) is 10.6 Å². The molecule has 3 aromatic rings. The molecule has 2 N–H and O–H groups in total. The standard InChI is InChI=1S/C25H25F2N3O4S/c1-15(2)30-12-6-11-21(30)24(32)29-22-19-10-4-3-7-16(19)14-20(22)28-23(31)17-8-5-9-18(13-17)35(33,34)25(26)27/h3-13,15,20,22,25H,14H2,1-2H3,(H,28,31)(H,29,32)/t20-,22-/m1/s1. The molecule has 2 atom stereocenters. The number of alkyl halides is 2. The molecule has 0 aliphatic heterocycles. The van der Waals surface area contributed by atoms with Crippen LogP contribution in [0, 0.1) is 0 Å². The van der Waals surface area contributed by atoms with Crippen molar-refractivity contribution >= 4 is 21.7 Å². The summed E-state index contributed by atoms with van der Waals surface area (Å²) in [7, 11) is -4.84. The summed E-state index contributed by atoms with van der Waals surface area (Å²) in [4.78, 5) is 25.5. The molecule has 2 amide bonds. The second kappa shape index (κ2) is 9.61. The minimum absolute atomic E-state index is 0.0681. The first kappa shape index (κ1) is 24.6. The Kier molecular flexibility index (Phi) is 6.75. The number of rotatable bonds is 7. The molecule has 35 heavy (non-hydrogen) atoms. The predicted octanol–water partition coefficient (Wildman–Crippen LogP) is 3.89. The maximum Gasteiger partial charge on any atom is 0.341 e. The normalized spacial score (nSPS) is 17.4. The maximum absolute atomic E-state index is 13.1. The average molecular weight is 502 g/mol.